The van der Waals surface area contributed by atoms with Crippen molar-refractivity contribution in [3.63, 3.8) is 0 Å². The van der Waals surface area contributed by atoms with Gasteiger partial charge in [0, 0.05) is 13.5 Å². The molecule has 1 heterocycles. The molecular weight excluding hydrogens is 232 g/mol. The number of hydrogen-bond acceptors (Lipinski definition) is 3. The summed E-state index contributed by atoms with van der Waals surface area (Å²) in [7, 11) is 0. The maximum Gasteiger partial charge on any atom is 0.243 e. The molecule has 0 bridgehead atoms. The Labute approximate surface area is 108 Å². The molecule has 2 unspecified atom stereocenters. The van der Waals surface area contributed by atoms with E-state index < -0.39 is 12.1 Å². The Bertz CT molecular complexity index is 328. The minimum atomic E-state index is -0.452. The zero-order valence-electron chi connectivity index (χ0n) is 11.3. The van der Waals surface area contributed by atoms with Crippen LogP contribution in [0.3, 0.4) is 0 Å². The van der Waals surface area contributed by atoms with Crippen LogP contribution in [0.4, 0.5) is 0 Å². The van der Waals surface area contributed by atoms with Crippen molar-refractivity contribution in [3.05, 3.63) is 0 Å². The molecule has 0 aromatic rings. The molecule has 1 saturated heterocycles. The van der Waals surface area contributed by atoms with Crippen LogP contribution in [0.5, 0.6) is 0 Å². The second-order valence-electron chi connectivity index (χ2n) is 5.25. The van der Waals surface area contributed by atoms with Crippen molar-refractivity contribution >= 4 is 18.1 Å². The minimum absolute atomic E-state index is 0.0841. The molecule has 0 spiro atoms. The average Bonchev–Trinajstić information content (AvgIpc) is 2.76. The number of carbonyl (C=O) groups is 3. The van der Waals surface area contributed by atoms with Crippen molar-refractivity contribution in [1.82, 2.24) is 10.2 Å². The topological polar surface area (TPSA) is 66.5 Å². The molecular formula is C13H22N2O3. The fourth-order valence-electron chi connectivity index (χ4n) is 2.35. The van der Waals surface area contributed by atoms with E-state index >= 15 is 0 Å². The van der Waals surface area contributed by atoms with Gasteiger partial charge in [-0.05, 0) is 25.2 Å². The Morgan fingerprint density at radius 3 is 2.61 bits per heavy atom. The maximum absolute atomic E-state index is 12.0. The summed E-state index contributed by atoms with van der Waals surface area (Å²) in [5, 5.41) is 2.72. The zero-order valence-corrected chi connectivity index (χ0v) is 11.3. The van der Waals surface area contributed by atoms with Crippen LogP contribution in [0, 0.1) is 5.92 Å². The number of amides is 2. The van der Waals surface area contributed by atoms with Gasteiger partial charge in [-0.15, -0.1) is 0 Å². The Hall–Kier alpha value is -1.39. The molecule has 1 aliphatic rings. The number of nitrogens with one attached hydrogen (secondary N) is 1. The molecule has 1 fully saturated rings. The second kappa shape index (κ2) is 6.52. The lowest BCUT2D eigenvalue weighted by Gasteiger charge is -2.24. The van der Waals surface area contributed by atoms with E-state index in [9.17, 15) is 14.4 Å². The van der Waals surface area contributed by atoms with Gasteiger partial charge in [-0.1, -0.05) is 13.8 Å². The first-order valence-corrected chi connectivity index (χ1v) is 6.48. The number of likely N-dealkylation sites (tertiary alicyclic amines) is 1. The molecule has 2 amide bonds. The molecule has 0 aliphatic carbocycles. The highest BCUT2D eigenvalue weighted by Crippen LogP contribution is 2.17. The first kappa shape index (κ1) is 14.7. The smallest absolute Gasteiger partial charge is 0.243 e. The van der Waals surface area contributed by atoms with Gasteiger partial charge in [-0.2, -0.15) is 0 Å². The van der Waals surface area contributed by atoms with Crippen molar-refractivity contribution in [1.29, 1.82) is 0 Å². The van der Waals surface area contributed by atoms with Gasteiger partial charge in [0.1, 0.15) is 12.3 Å². The quantitative estimate of drug-likeness (QED) is 0.735. The van der Waals surface area contributed by atoms with E-state index in [1.165, 1.54) is 6.92 Å². The lowest BCUT2D eigenvalue weighted by Crippen LogP contribution is -2.49. The van der Waals surface area contributed by atoms with Crippen molar-refractivity contribution in [2.75, 3.05) is 6.54 Å². The van der Waals surface area contributed by atoms with Crippen LogP contribution in [0.2, 0.25) is 0 Å². The lowest BCUT2D eigenvalue weighted by molar-refractivity contribution is -0.137. The largest absolute Gasteiger partial charge is 0.345 e. The number of nitrogens with zero attached hydrogens (tertiary/aromatic N) is 1. The summed E-state index contributed by atoms with van der Waals surface area (Å²) in [5.74, 6) is 0.0487. The predicted octanol–water partition coefficient (Wildman–Crippen LogP) is 0.727. The normalized spacial score (nSPS) is 20.9. The number of aldehydes is 1. The average molecular weight is 254 g/mol. The molecule has 0 aromatic carbocycles. The van der Waals surface area contributed by atoms with Crippen molar-refractivity contribution in [2.24, 2.45) is 5.92 Å². The lowest BCUT2D eigenvalue weighted by atomic mass is 10.0. The number of hydrogen-bond donors (Lipinski definition) is 1. The van der Waals surface area contributed by atoms with Crippen molar-refractivity contribution in [2.45, 2.75) is 52.1 Å². The van der Waals surface area contributed by atoms with Gasteiger partial charge in [0.05, 0.1) is 6.04 Å². The predicted molar refractivity (Wildman–Crippen MR) is 67.9 cm³/mol. The molecule has 0 aromatic heterocycles. The SMILES string of the molecule is CC(=O)N1CCCC1C(=O)NC(C=O)CC(C)C. The van der Waals surface area contributed by atoms with Crippen LogP contribution in [-0.2, 0) is 14.4 Å². The van der Waals surface area contributed by atoms with Crippen LogP contribution in [0.25, 0.3) is 0 Å². The molecule has 5 heteroatoms. The summed E-state index contributed by atoms with van der Waals surface area (Å²) in [4.78, 5) is 35.9. The summed E-state index contributed by atoms with van der Waals surface area (Å²) < 4.78 is 0. The highest BCUT2D eigenvalue weighted by atomic mass is 16.2. The van der Waals surface area contributed by atoms with E-state index in [1.807, 2.05) is 13.8 Å². The van der Waals surface area contributed by atoms with Gasteiger partial charge >= 0.3 is 0 Å². The second-order valence-corrected chi connectivity index (χ2v) is 5.25. The van der Waals surface area contributed by atoms with Gasteiger partial charge in [-0.3, -0.25) is 9.59 Å². The molecule has 1 aliphatic heterocycles. The molecule has 0 radical (unpaired) electrons. The van der Waals surface area contributed by atoms with Gasteiger partial charge in [0.2, 0.25) is 11.8 Å². The zero-order chi connectivity index (χ0) is 13.7. The van der Waals surface area contributed by atoms with Crippen LogP contribution >= 0.6 is 0 Å². The summed E-state index contributed by atoms with van der Waals surface area (Å²) in [6.07, 6.45) is 2.92. The Morgan fingerprint density at radius 1 is 1.44 bits per heavy atom. The van der Waals surface area contributed by atoms with Gasteiger partial charge in [-0.25, -0.2) is 0 Å². The first-order chi connectivity index (χ1) is 8.45. The van der Waals surface area contributed by atoms with Crippen molar-refractivity contribution < 1.29 is 14.4 Å². The van der Waals surface area contributed by atoms with E-state index in [1.54, 1.807) is 4.90 Å². The summed E-state index contributed by atoms with van der Waals surface area (Å²) >= 11 is 0. The summed E-state index contributed by atoms with van der Waals surface area (Å²) in [5.41, 5.74) is 0. The third kappa shape index (κ3) is 3.82. The van der Waals surface area contributed by atoms with E-state index in [-0.39, 0.29) is 11.8 Å². The third-order valence-corrected chi connectivity index (χ3v) is 3.18. The van der Waals surface area contributed by atoms with Crippen LogP contribution in [0.1, 0.15) is 40.0 Å². The van der Waals surface area contributed by atoms with E-state index in [2.05, 4.69) is 5.32 Å². The minimum Gasteiger partial charge on any atom is -0.345 e. The molecule has 102 valence electrons. The molecule has 0 saturated carbocycles. The monoisotopic (exact) mass is 254 g/mol. The first-order valence-electron chi connectivity index (χ1n) is 6.48. The third-order valence-electron chi connectivity index (χ3n) is 3.18. The molecule has 18 heavy (non-hydrogen) atoms. The highest BCUT2D eigenvalue weighted by molar-refractivity contribution is 5.88. The Balaban J connectivity index is 2.58. The molecule has 2 atom stereocenters. The van der Waals surface area contributed by atoms with E-state index in [0.717, 1.165) is 12.7 Å². The Kier molecular flexibility index (Phi) is 5.31. The van der Waals surface area contributed by atoms with Crippen molar-refractivity contribution in [3.8, 4) is 0 Å². The summed E-state index contributed by atoms with van der Waals surface area (Å²) in [6, 6.07) is -0.857. The number of carbonyl (C=O) groups excluding carboxylic acids is 3. The van der Waals surface area contributed by atoms with Crippen LogP contribution < -0.4 is 5.32 Å². The van der Waals surface area contributed by atoms with Gasteiger partial charge in [0.25, 0.3) is 0 Å². The molecule has 1 N–H and O–H groups in total. The van der Waals surface area contributed by atoms with Crippen LogP contribution in [-0.4, -0.2) is 41.6 Å². The fourth-order valence-corrected chi connectivity index (χ4v) is 2.35. The standard InChI is InChI=1S/C13H22N2O3/c1-9(2)7-11(8-16)14-13(18)12-5-4-6-15(12)10(3)17/h8-9,11-12H,4-7H2,1-3H3,(H,14,18). The van der Waals surface area contributed by atoms with Gasteiger partial charge < -0.3 is 15.0 Å². The van der Waals surface area contributed by atoms with Gasteiger partial charge in [0.15, 0.2) is 0 Å². The maximum atomic E-state index is 12.0. The number of rotatable bonds is 5. The van der Waals surface area contributed by atoms with E-state index in [0.29, 0.717) is 25.3 Å². The highest BCUT2D eigenvalue weighted by Gasteiger charge is 2.33. The van der Waals surface area contributed by atoms with E-state index in [4.69, 9.17) is 0 Å². The fraction of sp³-hybridized carbons (Fsp3) is 0.769. The molecule has 1 rings (SSSR count). The summed E-state index contributed by atoms with van der Waals surface area (Å²) in [6.45, 7) is 6.10. The molecule has 5 nitrogen and oxygen atoms in total. The Morgan fingerprint density at radius 2 is 2.11 bits per heavy atom. The van der Waals surface area contributed by atoms with Crippen LogP contribution in [0.15, 0.2) is 0 Å².